The van der Waals surface area contributed by atoms with Crippen LogP contribution in [0.3, 0.4) is 0 Å². The fraction of sp³-hybridized carbons (Fsp3) is 0.176. The highest BCUT2D eigenvalue weighted by molar-refractivity contribution is 5.95. The second-order valence-electron chi connectivity index (χ2n) is 5.15. The predicted molar refractivity (Wildman–Crippen MR) is 95.9 cm³/mol. The summed E-state index contributed by atoms with van der Waals surface area (Å²) in [4.78, 5) is 22.4. The maximum absolute atomic E-state index is 12.2. The van der Waals surface area contributed by atoms with E-state index >= 15 is 0 Å². The summed E-state index contributed by atoms with van der Waals surface area (Å²) in [5.74, 6) is -0.352. The molecule has 1 amide bonds. The number of carbonyl (C=O) groups excluding carboxylic acids is 1. The van der Waals surface area contributed by atoms with Gasteiger partial charge in [-0.3, -0.25) is 14.9 Å². The van der Waals surface area contributed by atoms with E-state index in [9.17, 15) is 20.0 Å². The van der Waals surface area contributed by atoms with Crippen LogP contribution in [0.2, 0.25) is 0 Å². The van der Waals surface area contributed by atoms with Crippen LogP contribution < -0.4 is 19.6 Å². The lowest BCUT2D eigenvalue weighted by molar-refractivity contribution is -0.386. The van der Waals surface area contributed by atoms with Crippen molar-refractivity contribution in [2.75, 3.05) is 21.3 Å². The molecule has 0 saturated carbocycles. The van der Waals surface area contributed by atoms with E-state index < -0.39 is 22.3 Å². The Hall–Kier alpha value is -3.82. The van der Waals surface area contributed by atoms with E-state index in [2.05, 4.69) is 10.5 Å². The lowest BCUT2D eigenvalue weighted by atomic mass is 10.2. The Kier molecular flexibility index (Phi) is 6.15. The van der Waals surface area contributed by atoms with Crippen LogP contribution in [-0.2, 0) is 0 Å². The Morgan fingerprint density at radius 2 is 1.74 bits per heavy atom. The molecule has 2 aromatic rings. The van der Waals surface area contributed by atoms with Crippen molar-refractivity contribution in [3.8, 4) is 23.0 Å². The van der Waals surface area contributed by atoms with Gasteiger partial charge < -0.3 is 19.3 Å². The molecule has 0 heterocycles. The highest BCUT2D eigenvalue weighted by Crippen LogP contribution is 2.36. The van der Waals surface area contributed by atoms with Crippen LogP contribution in [0.5, 0.6) is 23.0 Å². The Morgan fingerprint density at radius 3 is 2.26 bits per heavy atom. The SMILES string of the molecule is COc1cc(OC)cc(C(=O)N/N=C\c2cc(OC)c(O)c([N+](=O)[O-])c2)c1. The predicted octanol–water partition coefficient (Wildman–Crippen LogP) is 2.09. The number of nitro groups is 1. The molecule has 0 aromatic heterocycles. The zero-order chi connectivity index (χ0) is 20.0. The first kappa shape index (κ1) is 19.5. The smallest absolute Gasteiger partial charge is 0.315 e. The number of amides is 1. The molecule has 0 bridgehead atoms. The molecular formula is C17H17N3O7. The third-order valence-corrected chi connectivity index (χ3v) is 3.49. The second kappa shape index (κ2) is 8.52. The average Bonchev–Trinajstić information content (AvgIpc) is 2.67. The van der Waals surface area contributed by atoms with Gasteiger partial charge in [-0.25, -0.2) is 5.43 Å². The molecule has 0 aliphatic heterocycles. The summed E-state index contributed by atoms with van der Waals surface area (Å²) in [6.07, 6.45) is 1.18. The Morgan fingerprint density at radius 1 is 1.11 bits per heavy atom. The molecule has 27 heavy (non-hydrogen) atoms. The van der Waals surface area contributed by atoms with Gasteiger partial charge in [-0.15, -0.1) is 0 Å². The average molecular weight is 375 g/mol. The molecule has 0 saturated heterocycles. The number of nitrogens with one attached hydrogen (secondary N) is 1. The summed E-state index contributed by atoms with van der Waals surface area (Å²) in [6.45, 7) is 0. The Bertz CT molecular complexity index is 874. The van der Waals surface area contributed by atoms with Gasteiger partial charge in [0.25, 0.3) is 5.91 Å². The van der Waals surface area contributed by atoms with Gasteiger partial charge in [0.15, 0.2) is 5.75 Å². The maximum atomic E-state index is 12.2. The highest BCUT2D eigenvalue weighted by atomic mass is 16.6. The number of hydrogen-bond acceptors (Lipinski definition) is 8. The number of phenols is 1. The van der Waals surface area contributed by atoms with Crippen molar-refractivity contribution in [3.05, 3.63) is 51.6 Å². The maximum Gasteiger partial charge on any atom is 0.315 e. The standard InChI is InChI=1S/C17H17N3O7/c1-25-12-6-11(7-13(8-12)26-2)17(22)19-18-9-10-4-14(20(23)24)16(21)15(5-10)27-3/h4-9,21H,1-3H3,(H,19,22)/b18-9-. The monoisotopic (exact) mass is 375 g/mol. The van der Waals surface area contributed by atoms with E-state index in [0.29, 0.717) is 11.5 Å². The fourth-order valence-corrected chi connectivity index (χ4v) is 2.15. The van der Waals surface area contributed by atoms with E-state index in [1.807, 2.05) is 0 Å². The first-order valence-corrected chi connectivity index (χ1v) is 7.51. The molecule has 2 aromatic carbocycles. The number of methoxy groups -OCH3 is 3. The van der Waals surface area contributed by atoms with Crippen molar-refractivity contribution in [2.45, 2.75) is 0 Å². The van der Waals surface area contributed by atoms with Crippen LogP contribution in [0.1, 0.15) is 15.9 Å². The van der Waals surface area contributed by atoms with Crippen LogP contribution in [0, 0.1) is 10.1 Å². The third-order valence-electron chi connectivity index (χ3n) is 3.49. The van der Waals surface area contributed by atoms with Crippen molar-refractivity contribution < 1.29 is 29.0 Å². The minimum absolute atomic E-state index is 0.0884. The number of benzene rings is 2. The third kappa shape index (κ3) is 4.63. The van der Waals surface area contributed by atoms with E-state index in [4.69, 9.17) is 14.2 Å². The minimum atomic E-state index is -0.754. The summed E-state index contributed by atoms with van der Waals surface area (Å²) in [7, 11) is 4.18. The van der Waals surface area contributed by atoms with Gasteiger partial charge in [0, 0.05) is 23.3 Å². The summed E-state index contributed by atoms with van der Waals surface area (Å²) in [6, 6.07) is 7.06. The number of ether oxygens (including phenoxy) is 3. The zero-order valence-electron chi connectivity index (χ0n) is 14.8. The van der Waals surface area contributed by atoms with Crippen LogP contribution in [0.4, 0.5) is 5.69 Å². The number of aromatic hydroxyl groups is 1. The van der Waals surface area contributed by atoms with E-state index in [1.54, 1.807) is 6.07 Å². The first-order chi connectivity index (χ1) is 12.9. The van der Waals surface area contributed by atoms with Crippen LogP contribution in [-0.4, -0.2) is 43.5 Å². The minimum Gasteiger partial charge on any atom is -0.500 e. The zero-order valence-corrected chi connectivity index (χ0v) is 14.8. The van der Waals surface area contributed by atoms with Gasteiger partial charge in [-0.2, -0.15) is 5.10 Å². The van der Waals surface area contributed by atoms with Crippen LogP contribution >= 0.6 is 0 Å². The molecule has 0 unspecified atom stereocenters. The Labute approximate surface area is 154 Å². The van der Waals surface area contributed by atoms with Gasteiger partial charge in [-0.1, -0.05) is 0 Å². The van der Waals surface area contributed by atoms with Gasteiger partial charge in [0.05, 0.1) is 32.5 Å². The van der Waals surface area contributed by atoms with Crippen LogP contribution in [0.25, 0.3) is 0 Å². The van der Waals surface area contributed by atoms with Gasteiger partial charge in [0.2, 0.25) is 5.75 Å². The number of hydrogen-bond donors (Lipinski definition) is 2. The van der Waals surface area contributed by atoms with Gasteiger partial charge in [-0.05, 0) is 18.2 Å². The number of carbonyl (C=O) groups is 1. The molecule has 0 spiro atoms. The van der Waals surface area contributed by atoms with Gasteiger partial charge in [0.1, 0.15) is 11.5 Å². The van der Waals surface area contributed by atoms with Crippen molar-refractivity contribution >= 4 is 17.8 Å². The summed E-state index contributed by atoms with van der Waals surface area (Å²) in [5, 5.41) is 24.5. The van der Waals surface area contributed by atoms with E-state index in [1.165, 1.54) is 45.7 Å². The molecule has 2 N–H and O–H groups in total. The number of phenolic OH excluding ortho intramolecular Hbond substituents is 1. The summed E-state index contributed by atoms with van der Waals surface area (Å²) in [5.41, 5.74) is 2.25. The molecule has 0 aliphatic rings. The van der Waals surface area contributed by atoms with E-state index in [-0.39, 0.29) is 16.9 Å². The van der Waals surface area contributed by atoms with Crippen molar-refractivity contribution in [1.29, 1.82) is 0 Å². The number of hydrazone groups is 1. The molecule has 0 radical (unpaired) electrons. The topological polar surface area (TPSA) is 133 Å². The number of nitro benzene ring substituents is 1. The molecule has 0 aliphatic carbocycles. The van der Waals surface area contributed by atoms with Gasteiger partial charge >= 0.3 is 5.69 Å². The summed E-state index contributed by atoms with van der Waals surface area (Å²) < 4.78 is 15.1. The molecule has 2 rings (SSSR count). The molecule has 142 valence electrons. The van der Waals surface area contributed by atoms with Crippen molar-refractivity contribution in [2.24, 2.45) is 5.10 Å². The largest absolute Gasteiger partial charge is 0.500 e. The quantitative estimate of drug-likeness (QED) is 0.430. The normalized spacial score (nSPS) is 10.5. The Balaban J connectivity index is 2.21. The second-order valence-corrected chi connectivity index (χ2v) is 5.15. The molecule has 0 atom stereocenters. The molecule has 0 fully saturated rings. The molecule has 10 nitrogen and oxygen atoms in total. The summed E-state index contributed by atoms with van der Waals surface area (Å²) >= 11 is 0. The van der Waals surface area contributed by atoms with E-state index in [0.717, 1.165) is 6.07 Å². The first-order valence-electron chi connectivity index (χ1n) is 7.51. The number of nitrogens with zero attached hydrogens (tertiary/aromatic N) is 2. The lowest BCUT2D eigenvalue weighted by Crippen LogP contribution is -2.17. The van der Waals surface area contributed by atoms with Crippen molar-refractivity contribution in [3.63, 3.8) is 0 Å². The molecule has 10 heteroatoms. The number of rotatable bonds is 7. The lowest BCUT2D eigenvalue weighted by Gasteiger charge is -2.07. The van der Waals surface area contributed by atoms with Crippen molar-refractivity contribution in [1.82, 2.24) is 5.43 Å². The fourth-order valence-electron chi connectivity index (χ4n) is 2.15. The van der Waals surface area contributed by atoms with Crippen LogP contribution in [0.15, 0.2) is 35.4 Å². The molecular weight excluding hydrogens is 358 g/mol. The highest BCUT2D eigenvalue weighted by Gasteiger charge is 2.19.